The normalized spacial score (nSPS) is 19.8. The van der Waals surface area contributed by atoms with E-state index in [-0.39, 0.29) is 12.6 Å². The van der Waals surface area contributed by atoms with Crippen molar-refractivity contribution in [2.75, 3.05) is 39.4 Å². The fraction of sp³-hybridized carbons (Fsp3) is 0.833. The number of ether oxygens (including phenoxy) is 7. The minimum absolute atomic E-state index is 0.140. The first-order chi connectivity index (χ1) is 26.7. The number of allylic oxidation sites excluding steroid dienone is 1. The molecule has 1 aliphatic heterocycles. The van der Waals surface area contributed by atoms with Gasteiger partial charge in [0, 0.05) is 40.3 Å². The van der Waals surface area contributed by atoms with E-state index in [4.69, 9.17) is 33.2 Å². The number of esters is 4. The first kappa shape index (κ1) is 50.8. The Morgan fingerprint density at radius 1 is 0.696 bits per heavy atom. The van der Waals surface area contributed by atoms with E-state index in [9.17, 15) is 24.0 Å². The summed E-state index contributed by atoms with van der Waals surface area (Å²) < 4.78 is 39.5. The van der Waals surface area contributed by atoms with Crippen LogP contribution in [0.25, 0.3) is 0 Å². The van der Waals surface area contributed by atoms with E-state index in [0.717, 1.165) is 64.5 Å². The van der Waals surface area contributed by atoms with Crippen molar-refractivity contribution >= 4 is 30.0 Å². The van der Waals surface area contributed by atoms with Gasteiger partial charge in [0.1, 0.15) is 18.3 Å². The Morgan fingerprint density at radius 3 is 1.93 bits per heavy atom. The Bertz CT molecular complexity index is 1160. The van der Waals surface area contributed by atoms with Crippen molar-refractivity contribution in [3.8, 4) is 0 Å². The van der Waals surface area contributed by atoms with Crippen LogP contribution >= 0.6 is 0 Å². The van der Waals surface area contributed by atoms with Crippen LogP contribution in [0.1, 0.15) is 152 Å². The van der Waals surface area contributed by atoms with Gasteiger partial charge in [0.05, 0.1) is 6.61 Å². The molecule has 324 valence electrons. The van der Waals surface area contributed by atoms with Crippen molar-refractivity contribution in [2.45, 2.75) is 188 Å². The first-order valence-corrected chi connectivity index (χ1v) is 20.9. The number of carbonyl (C=O) groups is 5. The summed E-state index contributed by atoms with van der Waals surface area (Å²) >= 11 is 0. The third-order valence-corrected chi connectivity index (χ3v) is 8.96. The molecule has 5 unspecified atom stereocenters. The minimum Gasteiger partial charge on any atom is -0.461 e. The van der Waals surface area contributed by atoms with Gasteiger partial charge in [-0.1, -0.05) is 70.9 Å². The molecule has 14 heteroatoms. The summed E-state index contributed by atoms with van der Waals surface area (Å²) in [6.45, 7) is 16.6. The molecule has 5 atom stereocenters. The average Bonchev–Trinajstić information content (AvgIpc) is 3.11. The highest BCUT2D eigenvalue weighted by molar-refractivity contribution is 5.69. The van der Waals surface area contributed by atoms with E-state index >= 15 is 0 Å². The molecule has 0 aromatic heterocycles. The molecular formula is C42H74N2O12. The fourth-order valence-corrected chi connectivity index (χ4v) is 6.35. The molecule has 1 aliphatic rings. The molecule has 14 nitrogen and oxygen atoms in total. The molecule has 0 aliphatic carbocycles. The molecule has 1 rings (SSSR count). The van der Waals surface area contributed by atoms with E-state index in [1.54, 1.807) is 0 Å². The van der Waals surface area contributed by atoms with Gasteiger partial charge in [0.2, 0.25) is 0 Å². The van der Waals surface area contributed by atoms with Crippen LogP contribution in [0.5, 0.6) is 0 Å². The standard InChI is InChI=1S/C42H74N2O12/c1-9-11-12-13-16-19-22-30-50-36(48)25-20-17-14-15-18-21-27-44(28-23-26-43-41(49)56-42(6,7)8)29-24-31-51-40-39(54-34(5)47)38(53-33(4)46)37(52-32(3)45)35(10-2)55-40/h19,22,35,37-40H,9-18,20-21,23-31H2,1-8H3,(H,43,49)/b22-19-. The van der Waals surface area contributed by atoms with Crippen LogP contribution in [0.4, 0.5) is 4.79 Å². The maximum Gasteiger partial charge on any atom is 0.407 e. The molecule has 1 N–H and O–H groups in total. The predicted molar refractivity (Wildman–Crippen MR) is 213 cm³/mol. The average molecular weight is 799 g/mol. The van der Waals surface area contributed by atoms with Crippen LogP contribution in [0.3, 0.4) is 0 Å². The highest BCUT2D eigenvalue weighted by Gasteiger charge is 2.51. The second kappa shape index (κ2) is 29.9. The second-order valence-corrected chi connectivity index (χ2v) is 15.4. The van der Waals surface area contributed by atoms with Gasteiger partial charge in [-0.15, -0.1) is 0 Å². The fourth-order valence-electron chi connectivity index (χ4n) is 6.35. The first-order valence-electron chi connectivity index (χ1n) is 20.9. The maximum atomic E-state index is 12.1. The van der Waals surface area contributed by atoms with Gasteiger partial charge in [0.15, 0.2) is 24.6 Å². The third kappa shape index (κ3) is 25.1. The number of unbranched alkanes of at least 4 members (excludes halogenated alkanes) is 9. The van der Waals surface area contributed by atoms with Crippen LogP contribution in [-0.4, -0.2) is 111 Å². The smallest absolute Gasteiger partial charge is 0.407 e. The van der Waals surface area contributed by atoms with Gasteiger partial charge in [-0.25, -0.2) is 4.79 Å². The SMILES string of the molecule is CCCCCC/C=C\COC(=O)CCCCCCCCN(CCCNC(=O)OC(C)(C)C)CCCOC1OC(CC)C(OC(C)=O)C(OC(C)=O)C1OC(C)=O. The summed E-state index contributed by atoms with van der Waals surface area (Å²) in [5, 5.41) is 2.82. The monoisotopic (exact) mass is 799 g/mol. The summed E-state index contributed by atoms with van der Waals surface area (Å²) in [4.78, 5) is 62.6. The van der Waals surface area contributed by atoms with Gasteiger partial charge in [-0.05, 0) is 78.8 Å². The minimum atomic E-state index is -1.14. The van der Waals surface area contributed by atoms with E-state index in [0.29, 0.717) is 39.0 Å². The summed E-state index contributed by atoms with van der Waals surface area (Å²) in [5.74, 6) is -1.97. The van der Waals surface area contributed by atoms with Gasteiger partial charge >= 0.3 is 30.0 Å². The Hall–Kier alpha value is -3.23. The number of amides is 1. The van der Waals surface area contributed by atoms with E-state index < -0.39 is 60.3 Å². The molecule has 56 heavy (non-hydrogen) atoms. The van der Waals surface area contributed by atoms with Crippen molar-refractivity contribution in [1.29, 1.82) is 0 Å². The number of hydrogen-bond donors (Lipinski definition) is 1. The van der Waals surface area contributed by atoms with Gasteiger partial charge < -0.3 is 43.4 Å². The van der Waals surface area contributed by atoms with Crippen LogP contribution < -0.4 is 5.32 Å². The van der Waals surface area contributed by atoms with Crippen molar-refractivity contribution in [3.05, 3.63) is 12.2 Å². The number of hydrogen-bond acceptors (Lipinski definition) is 13. The number of nitrogens with zero attached hydrogens (tertiary/aromatic N) is 1. The summed E-state index contributed by atoms with van der Waals surface area (Å²) in [7, 11) is 0. The van der Waals surface area contributed by atoms with E-state index in [1.807, 2.05) is 33.8 Å². The Kier molecular flexibility index (Phi) is 27.1. The summed E-state index contributed by atoms with van der Waals surface area (Å²) in [6, 6.07) is 0. The molecule has 1 saturated heterocycles. The zero-order valence-electron chi connectivity index (χ0n) is 35.7. The van der Waals surface area contributed by atoms with Gasteiger partial charge in [-0.3, -0.25) is 19.2 Å². The number of rotatable bonds is 29. The molecule has 0 radical (unpaired) electrons. The lowest BCUT2D eigenvalue weighted by Gasteiger charge is -2.44. The van der Waals surface area contributed by atoms with Crippen LogP contribution in [0.2, 0.25) is 0 Å². The molecule has 0 spiro atoms. The largest absolute Gasteiger partial charge is 0.461 e. The molecular weight excluding hydrogens is 724 g/mol. The Morgan fingerprint density at radius 2 is 1.29 bits per heavy atom. The van der Waals surface area contributed by atoms with Crippen molar-refractivity contribution in [2.24, 2.45) is 0 Å². The number of alkyl carbamates (subject to hydrolysis) is 1. The summed E-state index contributed by atoms with van der Waals surface area (Å²) in [6.07, 6.45) is 12.8. The highest BCUT2D eigenvalue weighted by Crippen LogP contribution is 2.31. The van der Waals surface area contributed by atoms with Crippen molar-refractivity contribution in [1.82, 2.24) is 10.2 Å². The second-order valence-electron chi connectivity index (χ2n) is 15.4. The molecule has 1 amide bonds. The maximum absolute atomic E-state index is 12.1. The molecule has 0 bridgehead atoms. The van der Waals surface area contributed by atoms with Crippen LogP contribution in [0.15, 0.2) is 12.2 Å². The highest BCUT2D eigenvalue weighted by atomic mass is 16.7. The third-order valence-electron chi connectivity index (χ3n) is 8.96. The van der Waals surface area contributed by atoms with Crippen LogP contribution in [-0.2, 0) is 52.3 Å². The quantitative estimate of drug-likeness (QED) is 0.0346. The zero-order chi connectivity index (χ0) is 41.8. The molecule has 0 aromatic rings. The number of carbonyl (C=O) groups excluding carboxylic acids is 5. The van der Waals surface area contributed by atoms with Crippen molar-refractivity contribution in [3.63, 3.8) is 0 Å². The van der Waals surface area contributed by atoms with E-state index in [1.165, 1.54) is 46.5 Å². The molecule has 0 aromatic carbocycles. The van der Waals surface area contributed by atoms with Crippen LogP contribution in [0, 0.1) is 0 Å². The molecule has 0 saturated carbocycles. The molecule has 1 heterocycles. The van der Waals surface area contributed by atoms with Gasteiger partial charge in [-0.2, -0.15) is 0 Å². The summed E-state index contributed by atoms with van der Waals surface area (Å²) in [5.41, 5.74) is -0.572. The number of nitrogens with one attached hydrogen (secondary N) is 1. The lowest BCUT2D eigenvalue weighted by molar-refractivity contribution is -0.304. The van der Waals surface area contributed by atoms with Crippen molar-refractivity contribution < 1.29 is 57.1 Å². The lowest BCUT2D eigenvalue weighted by Crippen LogP contribution is -2.61. The predicted octanol–water partition coefficient (Wildman–Crippen LogP) is 7.34. The van der Waals surface area contributed by atoms with Gasteiger partial charge in [0.25, 0.3) is 0 Å². The van der Waals surface area contributed by atoms with E-state index in [2.05, 4.69) is 23.2 Å². The Labute approximate surface area is 336 Å². The topological polar surface area (TPSA) is 165 Å². The zero-order valence-corrected chi connectivity index (χ0v) is 35.7. The molecule has 1 fully saturated rings. The lowest BCUT2D eigenvalue weighted by atomic mass is 9.96. The Balaban J connectivity index is 2.64.